The highest BCUT2D eigenvalue weighted by Gasteiger charge is 2.39. The fourth-order valence-electron chi connectivity index (χ4n) is 2.92. The number of esters is 1. The van der Waals surface area contributed by atoms with Gasteiger partial charge in [0.15, 0.2) is 0 Å². The van der Waals surface area contributed by atoms with E-state index in [1.54, 1.807) is 20.8 Å². The van der Waals surface area contributed by atoms with Gasteiger partial charge < -0.3 is 4.74 Å². The van der Waals surface area contributed by atoms with Crippen LogP contribution in [0.2, 0.25) is 0 Å². The number of carbonyl (C=O) groups is 1. The lowest BCUT2D eigenvalue weighted by atomic mass is 9.75. The van der Waals surface area contributed by atoms with E-state index >= 15 is 0 Å². The van der Waals surface area contributed by atoms with Gasteiger partial charge in [0.2, 0.25) is 0 Å². The SMILES string of the molecule is Cc1c(C)c([N+](=O)[O-])c(C)c2c1OC(=O)CC2(C)C. The fourth-order valence-corrected chi connectivity index (χ4v) is 2.92. The maximum absolute atomic E-state index is 11.7. The van der Waals surface area contributed by atoms with Crippen molar-refractivity contribution in [3.63, 3.8) is 0 Å². The van der Waals surface area contributed by atoms with E-state index < -0.39 is 5.41 Å². The quantitative estimate of drug-likeness (QED) is 0.338. The van der Waals surface area contributed by atoms with Crippen molar-refractivity contribution in [3.8, 4) is 5.75 Å². The van der Waals surface area contributed by atoms with E-state index in [1.807, 2.05) is 13.8 Å². The minimum atomic E-state index is -0.446. The molecule has 1 aromatic carbocycles. The van der Waals surface area contributed by atoms with E-state index in [0.29, 0.717) is 22.4 Å². The smallest absolute Gasteiger partial charge is 0.312 e. The van der Waals surface area contributed by atoms with E-state index in [1.165, 1.54) is 0 Å². The second kappa shape index (κ2) is 4.05. The first-order valence-electron chi connectivity index (χ1n) is 6.16. The number of hydrogen-bond donors (Lipinski definition) is 0. The highest BCUT2D eigenvalue weighted by Crippen LogP contribution is 2.47. The zero-order chi connectivity index (χ0) is 14.5. The molecular weight excluding hydrogens is 246 g/mol. The van der Waals surface area contributed by atoms with Gasteiger partial charge in [0.05, 0.1) is 11.3 Å². The van der Waals surface area contributed by atoms with E-state index in [0.717, 1.165) is 5.56 Å². The molecule has 0 unspecified atom stereocenters. The average Bonchev–Trinajstić information content (AvgIpc) is 2.22. The van der Waals surface area contributed by atoms with Crippen LogP contribution in [0.1, 0.15) is 42.5 Å². The van der Waals surface area contributed by atoms with Crippen molar-refractivity contribution in [2.75, 3.05) is 0 Å². The Balaban J connectivity index is 2.89. The third-order valence-corrected chi connectivity index (χ3v) is 3.88. The first-order valence-corrected chi connectivity index (χ1v) is 6.16. The number of ether oxygens (including phenoxy) is 1. The van der Waals surface area contributed by atoms with Crippen molar-refractivity contribution in [2.45, 2.75) is 46.5 Å². The number of rotatable bonds is 1. The minimum absolute atomic E-state index is 0.127. The van der Waals surface area contributed by atoms with Crippen molar-refractivity contribution in [1.82, 2.24) is 0 Å². The predicted octanol–water partition coefficient (Wildman–Crippen LogP) is 3.11. The van der Waals surface area contributed by atoms with E-state index in [2.05, 4.69) is 0 Å². The zero-order valence-corrected chi connectivity index (χ0v) is 11.8. The normalized spacial score (nSPS) is 16.8. The Kier molecular flexibility index (Phi) is 2.88. The summed E-state index contributed by atoms with van der Waals surface area (Å²) in [5.41, 5.74) is 2.29. The third-order valence-electron chi connectivity index (χ3n) is 3.88. The Bertz CT molecular complexity index is 602. The number of carbonyl (C=O) groups excluding carboxylic acids is 1. The van der Waals surface area contributed by atoms with Crippen LogP contribution in [0, 0.1) is 30.9 Å². The first kappa shape index (κ1) is 13.5. The molecule has 102 valence electrons. The molecule has 0 amide bonds. The molecule has 0 spiro atoms. The molecule has 0 atom stereocenters. The summed E-state index contributed by atoms with van der Waals surface area (Å²) in [6, 6.07) is 0. The van der Waals surface area contributed by atoms with Gasteiger partial charge in [0.1, 0.15) is 5.75 Å². The van der Waals surface area contributed by atoms with Crippen LogP contribution in [-0.2, 0) is 10.2 Å². The molecule has 0 radical (unpaired) electrons. The largest absolute Gasteiger partial charge is 0.426 e. The van der Waals surface area contributed by atoms with Crippen LogP contribution in [0.5, 0.6) is 5.75 Å². The lowest BCUT2D eigenvalue weighted by molar-refractivity contribution is -0.386. The van der Waals surface area contributed by atoms with Crippen LogP contribution in [0.4, 0.5) is 5.69 Å². The molecule has 0 aromatic heterocycles. The first-order chi connectivity index (χ1) is 8.66. The van der Waals surface area contributed by atoms with Crippen molar-refractivity contribution in [2.24, 2.45) is 0 Å². The summed E-state index contributed by atoms with van der Waals surface area (Å²) in [6.07, 6.45) is 0.237. The number of fused-ring (bicyclic) bond motifs is 1. The second-order valence-corrected chi connectivity index (χ2v) is 5.72. The van der Waals surface area contributed by atoms with Gasteiger partial charge in [-0.25, -0.2) is 0 Å². The molecule has 0 aliphatic carbocycles. The Hall–Kier alpha value is -1.91. The summed E-state index contributed by atoms with van der Waals surface area (Å²) in [5, 5.41) is 11.3. The van der Waals surface area contributed by atoms with Gasteiger partial charge >= 0.3 is 5.97 Å². The van der Waals surface area contributed by atoms with Gasteiger partial charge in [0, 0.05) is 27.7 Å². The van der Waals surface area contributed by atoms with Gasteiger partial charge in [0.25, 0.3) is 5.69 Å². The monoisotopic (exact) mass is 263 g/mol. The number of nitrogens with zero attached hydrogens (tertiary/aromatic N) is 1. The molecule has 5 nitrogen and oxygen atoms in total. The second-order valence-electron chi connectivity index (χ2n) is 5.72. The molecule has 19 heavy (non-hydrogen) atoms. The van der Waals surface area contributed by atoms with Gasteiger partial charge in [-0.2, -0.15) is 0 Å². The number of benzene rings is 1. The Morgan fingerprint density at radius 1 is 1.16 bits per heavy atom. The highest BCUT2D eigenvalue weighted by atomic mass is 16.6. The lowest BCUT2D eigenvalue weighted by Gasteiger charge is -2.33. The van der Waals surface area contributed by atoms with Crippen molar-refractivity contribution in [3.05, 3.63) is 32.4 Å². The standard InChI is InChI=1S/C14H17NO4/c1-7-8(2)13-11(9(3)12(7)15(17)18)14(4,5)6-10(16)19-13/h6H2,1-5H3. The zero-order valence-electron chi connectivity index (χ0n) is 11.8. The molecule has 1 aromatic rings. The predicted molar refractivity (Wildman–Crippen MR) is 70.6 cm³/mol. The lowest BCUT2D eigenvalue weighted by Crippen LogP contribution is -2.32. The molecule has 5 heteroatoms. The molecular formula is C14H17NO4. The highest BCUT2D eigenvalue weighted by molar-refractivity contribution is 5.80. The van der Waals surface area contributed by atoms with Gasteiger partial charge in [-0.15, -0.1) is 0 Å². The Morgan fingerprint density at radius 2 is 1.74 bits per heavy atom. The van der Waals surface area contributed by atoms with Crippen molar-refractivity contribution in [1.29, 1.82) is 0 Å². The van der Waals surface area contributed by atoms with Crippen LogP contribution >= 0.6 is 0 Å². The van der Waals surface area contributed by atoms with Crippen LogP contribution < -0.4 is 4.74 Å². The van der Waals surface area contributed by atoms with Crippen LogP contribution in [0.15, 0.2) is 0 Å². The topological polar surface area (TPSA) is 69.4 Å². The van der Waals surface area contributed by atoms with E-state index in [-0.39, 0.29) is 23.0 Å². The summed E-state index contributed by atoms with van der Waals surface area (Å²) in [4.78, 5) is 22.6. The van der Waals surface area contributed by atoms with Gasteiger partial charge in [-0.3, -0.25) is 14.9 Å². The molecule has 1 heterocycles. The van der Waals surface area contributed by atoms with Gasteiger partial charge in [-0.05, 0) is 20.8 Å². The molecule has 1 aliphatic heterocycles. The summed E-state index contributed by atoms with van der Waals surface area (Å²) >= 11 is 0. The molecule has 2 rings (SSSR count). The minimum Gasteiger partial charge on any atom is -0.426 e. The molecule has 0 bridgehead atoms. The van der Waals surface area contributed by atoms with Crippen LogP contribution in [0.3, 0.4) is 0 Å². The number of hydrogen-bond acceptors (Lipinski definition) is 4. The van der Waals surface area contributed by atoms with Crippen molar-refractivity contribution < 1.29 is 14.5 Å². The molecule has 0 saturated carbocycles. The maximum Gasteiger partial charge on any atom is 0.312 e. The van der Waals surface area contributed by atoms with E-state index in [9.17, 15) is 14.9 Å². The maximum atomic E-state index is 11.7. The van der Waals surface area contributed by atoms with E-state index in [4.69, 9.17) is 4.74 Å². The van der Waals surface area contributed by atoms with Crippen molar-refractivity contribution >= 4 is 11.7 Å². The molecule has 0 fully saturated rings. The summed E-state index contributed by atoms with van der Waals surface area (Å²) in [5.74, 6) is 0.218. The number of nitro groups is 1. The average molecular weight is 263 g/mol. The third kappa shape index (κ3) is 1.89. The molecule has 1 aliphatic rings. The Labute approximate surface area is 111 Å². The summed E-state index contributed by atoms with van der Waals surface area (Å²) in [6.45, 7) is 9.01. The van der Waals surface area contributed by atoms with Gasteiger partial charge in [-0.1, -0.05) is 13.8 Å². The number of nitro benzene ring substituents is 1. The summed E-state index contributed by atoms with van der Waals surface area (Å²) in [7, 11) is 0. The molecule has 0 N–H and O–H groups in total. The summed E-state index contributed by atoms with van der Waals surface area (Å²) < 4.78 is 5.33. The molecule has 0 saturated heterocycles. The van der Waals surface area contributed by atoms with Crippen LogP contribution in [0.25, 0.3) is 0 Å². The van der Waals surface area contributed by atoms with Crippen LogP contribution in [-0.4, -0.2) is 10.9 Å². The Morgan fingerprint density at radius 3 is 2.26 bits per heavy atom. The fraction of sp³-hybridized carbons (Fsp3) is 0.500.